The highest BCUT2D eigenvalue weighted by atomic mass is 16.6. The van der Waals surface area contributed by atoms with Crippen molar-refractivity contribution in [3.8, 4) is 0 Å². The quantitative estimate of drug-likeness (QED) is 0.902. The maximum atomic E-state index is 12.0. The molecule has 0 aliphatic heterocycles. The molecule has 5 nitrogen and oxygen atoms in total. The third kappa shape index (κ3) is 2.67. The fraction of sp³-hybridized carbons (Fsp3) is 0.462. The van der Waals surface area contributed by atoms with Crippen LogP contribution in [0.4, 0.5) is 5.69 Å². The molecule has 2 aromatic rings. The third-order valence-corrected chi connectivity index (χ3v) is 2.82. The van der Waals surface area contributed by atoms with Crippen molar-refractivity contribution in [1.29, 1.82) is 0 Å². The number of hydrogen-bond acceptors (Lipinski definition) is 4. The van der Waals surface area contributed by atoms with Gasteiger partial charge in [0.2, 0.25) is 5.91 Å². The fourth-order valence-electron chi connectivity index (χ4n) is 1.98. The van der Waals surface area contributed by atoms with E-state index in [-0.39, 0.29) is 11.8 Å². The lowest BCUT2D eigenvalue weighted by Crippen LogP contribution is -2.21. The number of rotatable bonds is 4. The molecule has 5 heteroatoms. The van der Waals surface area contributed by atoms with Gasteiger partial charge in [0, 0.05) is 5.92 Å². The SMILES string of the molecule is CC(C)CC(C)C(=O)Nc1cccc2nonc12. The first-order chi connectivity index (χ1) is 8.58. The fourth-order valence-corrected chi connectivity index (χ4v) is 1.98. The number of anilines is 1. The molecule has 2 rings (SSSR count). The molecule has 1 aromatic carbocycles. The molecule has 0 bridgehead atoms. The van der Waals surface area contributed by atoms with Gasteiger partial charge in [0.1, 0.15) is 5.52 Å². The minimum absolute atomic E-state index is 0.000741. The molecule has 0 aliphatic rings. The predicted octanol–water partition coefficient (Wildman–Crippen LogP) is 2.84. The Bertz CT molecular complexity index is 548. The first kappa shape index (κ1) is 12.5. The number of fused-ring (bicyclic) bond motifs is 1. The Hall–Kier alpha value is -1.91. The van der Waals surface area contributed by atoms with Crippen molar-refractivity contribution >= 4 is 22.6 Å². The molecule has 0 aliphatic carbocycles. The van der Waals surface area contributed by atoms with Crippen LogP contribution in [0.3, 0.4) is 0 Å². The van der Waals surface area contributed by atoms with E-state index in [1.54, 1.807) is 12.1 Å². The van der Waals surface area contributed by atoms with Gasteiger partial charge in [-0.1, -0.05) is 26.8 Å². The number of carbonyl (C=O) groups excluding carboxylic acids is 1. The molecule has 0 spiro atoms. The molecule has 18 heavy (non-hydrogen) atoms. The van der Waals surface area contributed by atoms with E-state index in [0.717, 1.165) is 6.42 Å². The van der Waals surface area contributed by atoms with Crippen molar-refractivity contribution in [3.63, 3.8) is 0 Å². The van der Waals surface area contributed by atoms with Gasteiger partial charge < -0.3 is 5.32 Å². The molecular weight excluding hydrogens is 230 g/mol. The van der Waals surface area contributed by atoms with Gasteiger partial charge in [0.15, 0.2) is 5.52 Å². The van der Waals surface area contributed by atoms with Gasteiger partial charge in [0.05, 0.1) is 5.69 Å². The number of hydrogen-bond donors (Lipinski definition) is 1. The van der Waals surface area contributed by atoms with Crippen LogP contribution in [0.15, 0.2) is 22.8 Å². The second-order valence-corrected chi connectivity index (χ2v) is 4.96. The van der Waals surface area contributed by atoms with Crippen LogP contribution >= 0.6 is 0 Å². The molecule has 0 radical (unpaired) electrons. The van der Waals surface area contributed by atoms with Gasteiger partial charge >= 0.3 is 0 Å². The number of aromatic nitrogens is 2. The van der Waals surface area contributed by atoms with E-state index in [1.807, 2.05) is 13.0 Å². The van der Waals surface area contributed by atoms with Gasteiger partial charge in [-0.3, -0.25) is 4.79 Å². The van der Waals surface area contributed by atoms with E-state index in [4.69, 9.17) is 0 Å². The summed E-state index contributed by atoms with van der Waals surface area (Å²) >= 11 is 0. The first-order valence-electron chi connectivity index (χ1n) is 6.10. The van der Waals surface area contributed by atoms with Gasteiger partial charge in [-0.15, -0.1) is 0 Å². The molecule has 1 atom stereocenters. The zero-order chi connectivity index (χ0) is 13.1. The maximum Gasteiger partial charge on any atom is 0.227 e. The molecule has 0 fully saturated rings. The molecule has 96 valence electrons. The summed E-state index contributed by atoms with van der Waals surface area (Å²) in [7, 11) is 0. The Kier molecular flexibility index (Phi) is 3.60. The third-order valence-electron chi connectivity index (χ3n) is 2.82. The number of nitrogens with one attached hydrogen (secondary N) is 1. The second-order valence-electron chi connectivity index (χ2n) is 4.96. The summed E-state index contributed by atoms with van der Waals surface area (Å²) in [6.07, 6.45) is 0.860. The molecule has 1 unspecified atom stereocenters. The Labute approximate surface area is 106 Å². The van der Waals surface area contributed by atoms with Gasteiger partial charge in [-0.25, -0.2) is 4.63 Å². The van der Waals surface area contributed by atoms with Crippen LogP contribution in [0.25, 0.3) is 11.0 Å². The van der Waals surface area contributed by atoms with E-state index in [1.165, 1.54) is 0 Å². The van der Waals surface area contributed by atoms with Gasteiger partial charge in [-0.2, -0.15) is 0 Å². The molecule has 0 saturated carbocycles. The van der Waals surface area contributed by atoms with Gasteiger partial charge in [-0.05, 0) is 34.8 Å². The Morgan fingerprint density at radius 1 is 1.33 bits per heavy atom. The van der Waals surface area contributed by atoms with E-state index < -0.39 is 0 Å². The normalized spacial score (nSPS) is 12.9. The molecule has 1 heterocycles. The molecule has 0 saturated heterocycles. The minimum atomic E-state index is -0.0277. The van der Waals surface area contributed by atoms with Crippen LogP contribution < -0.4 is 5.32 Å². The van der Waals surface area contributed by atoms with Crippen molar-refractivity contribution in [2.75, 3.05) is 5.32 Å². The number of amides is 1. The molecule has 1 amide bonds. The lowest BCUT2D eigenvalue weighted by atomic mass is 9.98. The van der Waals surface area contributed by atoms with Crippen molar-refractivity contribution in [1.82, 2.24) is 10.3 Å². The summed E-state index contributed by atoms with van der Waals surface area (Å²) in [6, 6.07) is 5.40. The van der Waals surface area contributed by atoms with Crippen LogP contribution in [0.5, 0.6) is 0 Å². The predicted molar refractivity (Wildman–Crippen MR) is 69.1 cm³/mol. The van der Waals surface area contributed by atoms with E-state index >= 15 is 0 Å². The monoisotopic (exact) mass is 247 g/mol. The number of carbonyl (C=O) groups is 1. The summed E-state index contributed by atoms with van der Waals surface area (Å²) < 4.78 is 4.66. The van der Waals surface area contributed by atoms with E-state index in [9.17, 15) is 4.79 Å². The lowest BCUT2D eigenvalue weighted by Gasteiger charge is -2.13. The lowest BCUT2D eigenvalue weighted by molar-refractivity contribution is -0.119. The standard InChI is InChI=1S/C13H17N3O2/c1-8(2)7-9(3)13(17)14-10-5-4-6-11-12(10)16-18-15-11/h4-6,8-9H,7H2,1-3H3,(H,14,17). The van der Waals surface area contributed by atoms with E-state index in [0.29, 0.717) is 22.6 Å². The van der Waals surface area contributed by atoms with Crippen LogP contribution in [0.2, 0.25) is 0 Å². The molecule has 1 aromatic heterocycles. The van der Waals surface area contributed by atoms with Gasteiger partial charge in [0.25, 0.3) is 0 Å². The van der Waals surface area contributed by atoms with Crippen molar-refractivity contribution in [2.24, 2.45) is 11.8 Å². The second kappa shape index (κ2) is 5.16. The van der Waals surface area contributed by atoms with E-state index in [2.05, 4.69) is 34.1 Å². The minimum Gasteiger partial charge on any atom is -0.324 e. The van der Waals surface area contributed by atoms with Crippen LogP contribution in [0, 0.1) is 11.8 Å². The van der Waals surface area contributed by atoms with Crippen LogP contribution in [-0.2, 0) is 4.79 Å². The number of nitrogens with zero attached hydrogens (tertiary/aromatic N) is 2. The summed E-state index contributed by atoms with van der Waals surface area (Å²) in [5.74, 6) is 0.467. The summed E-state index contributed by atoms with van der Waals surface area (Å²) in [6.45, 7) is 6.13. The summed E-state index contributed by atoms with van der Waals surface area (Å²) in [5, 5.41) is 10.4. The highest BCUT2D eigenvalue weighted by molar-refractivity contribution is 5.99. The van der Waals surface area contributed by atoms with Crippen LogP contribution in [0.1, 0.15) is 27.2 Å². The highest BCUT2D eigenvalue weighted by Gasteiger charge is 2.16. The Balaban J connectivity index is 2.14. The zero-order valence-electron chi connectivity index (χ0n) is 10.8. The van der Waals surface area contributed by atoms with Crippen molar-refractivity contribution in [2.45, 2.75) is 27.2 Å². The average molecular weight is 247 g/mol. The van der Waals surface area contributed by atoms with Crippen molar-refractivity contribution < 1.29 is 9.42 Å². The topological polar surface area (TPSA) is 68.0 Å². The maximum absolute atomic E-state index is 12.0. The zero-order valence-corrected chi connectivity index (χ0v) is 10.8. The van der Waals surface area contributed by atoms with Crippen molar-refractivity contribution in [3.05, 3.63) is 18.2 Å². The molecular formula is C13H17N3O2. The largest absolute Gasteiger partial charge is 0.324 e. The first-order valence-corrected chi connectivity index (χ1v) is 6.10. The number of benzene rings is 1. The highest BCUT2D eigenvalue weighted by Crippen LogP contribution is 2.21. The summed E-state index contributed by atoms with van der Waals surface area (Å²) in [4.78, 5) is 12.0. The molecule has 1 N–H and O–H groups in total. The average Bonchev–Trinajstić information content (AvgIpc) is 2.77. The Morgan fingerprint density at radius 2 is 2.11 bits per heavy atom. The summed E-state index contributed by atoms with van der Waals surface area (Å²) in [5.41, 5.74) is 1.88. The Morgan fingerprint density at radius 3 is 2.83 bits per heavy atom. The smallest absolute Gasteiger partial charge is 0.227 e. The van der Waals surface area contributed by atoms with Crippen LogP contribution in [-0.4, -0.2) is 16.2 Å².